The van der Waals surface area contributed by atoms with Crippen LogP contribution in [0.4, 0.5) is 0 Å². The number of benzene rings is 1. The summed E-state index contributed by atoms with van der Waals surface area (Å²) >= 11 is 3.39. The van der Waals surface area contributed by atoms with E-state index in [2.05, 4.69) is 26.3 Å². The van der Waals surface area contributed by atoms with Gasteiger partial charge in [-0.2, -0.15) is 5.10 Å². The Kier molecular flexibility index (Phi) is 5.71. The van der Waals surface area contributed by atoms with Crippen molar-refractivity contribution in [3.63, 3.8) is 0 Å². The summed E-state index contributed by atoms with van der Waals surface area (Å²) in [6.07, 6.45) is 3.01. The zero-order chi connectivity index (χ0) is 15.9. The quantitative estimate of drug-likeness (QED) is 0.738. The minimum atomic E-state index is -0.820. The molecule has 22 heavy (non-hydrogen) atoms. The number of carboxylic acids is 1. The van der Waals surface area contributed by atoms with Crippen molar-refractivity contribution in [2.24, 2.45) is 0 Å². The number of carboxylic acid groups (broad SMARTS) is 1. The fourth-order valence-corrected chi connectivity index (χ4v) is 2.29. The fraction of sp³-hybridized carbons (Fsp3) is 0.267. The molecule has 1 amide bonds. The molecular weight excluding hydrogens is 350 g/mol. The Labute approximate surface area is 136 Å². The van der Waals surface area contributed by atoms with Crippen LogP contribution in [-0.2, 0) is 4.79 Å². The second-order valence-electron chi connectivity index (χ2n) is 4.73. The molecule has 2 aromatic rings. The second-order valence-corrected chi connectivity index (χ2v) is 5.65. The van der Waals surface area contributed by atoms with Crippen LogP contribution in [0.15, 0.2) is 41.0 Å². The van der Waals surface area contributed by atoms with Gasteiger partial charge in [-0.1, -0.05) is 22.0 Å². The van der Waals surface area contributed by atoms with E-state index >= 15 is 0 Å². The number of hydrogen-bond acceptors (Lipinski definition) is 3. The third-order valence-corrected chi connectivity index (χ3v) is 3.49. The van der Waals surface area contributed by atoms with Crippen LogP contribution in [-0.4, -0.2) is 33.3 Å². The van der Waals surface area contributed by atoms with Crippen molar-refractivity contribution in [2.75, 3.05) is 6.54 Å². The molecule has 0 aliphatic rings. The Morgan fingerprint density at radius 1 is 1.27 bits per heavy atom. The van der Waals surface area contributed by atoms with E-state index in [1.165, 1.54) is 0 Å². The van der Waals surface area contributed by atoms with Crippen molar-refractivity contribution < 1.29 is 14.7 Å². The molecule has 2 rings (SSSR count). The second kappa shape index (κ2) is 7.74. The summed E-state index contributed by atoms with van der Waals surface area (Å²) in [6.45, 7) is 0.440. The molecule has 0 saturated heterocycles. The number of nitrogens with zero attached hydrogens (tertiary/aromatic N) is 2. The summed E-state index contributed by atoms with van der Waals surface area (Å²) in [5, 5.41) is 15.5. The normalized spacial score (nSPS) is 10.4. The highest BCUT2D eigenvalue weighted by atomic mass is 79.9. The van der Waals surface area contributed by atoms with E-state index in [4.69, 9.17) is 5.11 Å². The summed E-state index contributed by atoms with van der Waals surface area (Å²) < 4.78 is 2.56. The van der Waals surface area contributed by atoms with E-state index in [-0.39, 0.29) is 12.3 Å². The van der Waals surface area contributed by atoms with Crippen LogP contribution in [0.1, 0.15) is 29.8 Å². The van der Waals surface area contributed by atoms with Crippen molar-refractivity contribution in [1.82, 2.24) is 15.1 Å². The minimum absolute atomic E-state index is 0.118. The van der Waals surface area contributed by atoms with Crippen LogP contribution in [0.25, 0.3) is 5.69 Å². The van der Waals surface area contributed by atoms with E-state index in [1.807, 2.05) is 24.3 Å². The Bertz CT molecular complexity index is 670. The highest BCUT2D eigenvalue weighted by Gasteiger charge is 2.09. The molecule has 2 N–H and O–H groups in total. The number of hydrogen-bond donors (Lipinski definition) is 2. The van der Waals surface area contributed by atoms with Gasteiger partial charge < -0.3 is 10.4 Å². The standard InChI is InChI=1S/C15H16BrN3O3/c16-11-4-3-5-12(10-11)19-9-7-13(18-19)15(22)17-8-2-1-6-14(20)21/h3-5,7,9-10H,1-2,6,8H2,(H,17,22)(H,20,21). The predicted octanol–water partition coefficient (Wildman–Crippen LogP) is 2.62. The number of aromatic nitrogens is 2. The Morgan fingerprint density at radius 3 is 2.82 bits per heavy atom. The lowest BCUT2D eigenvalue weighted by Gasteiger charge is -2.03. The lowest BCUT2D eigenvalue weighted by atomic mass is 10.2. The van der Waals surface area contributed by atoms with Gasteiger partial charge in [-0.3, -0.25) is 9.59 Å². The monoisotopic (exact) mass is 365 g/mol. The first kappa shape index (κ1) is 16.2. The van der Waals surface area contributed by atoms with Crippen LogP contribution in [0.3, 0.4) is 0 Å². The van der Waals surface area contributed by atoms with Crippen molar-refractivity contribution >= 4 is 27.8 Å². The number of aliphatic carboxylic acids is 1. The van der Waals surface area contributed by atoms with Gasteiger partial charge >= 0.3 is 5.97 Å². The smallest absolute Gasteiger partial charge is 0.303 e. The van der Waals surface area contributed by atoms with E-state index < -0.39 is 5.97 Å². The van der Waals surface area contributed by atoms with E-state index in [1.54, 1.807) is 16.9 Å². The predicted molar refractivity (Wildman–Crippen MR) is 85.1 cm³/mol. The van der Waals surface area contributed by atoms with Gasteiger partial charge in [0.1, 0.15) is 0 Å². The number of rotatable bonds is 7. The Balaban J connectivity index is 1.88. The van der Waals surface area contributed by atoms with Gasteiger partial charge in [0, 0.05) is 23.6 Å². The first-order valence-electron chi connectivity index (χ1n) is 6.88. The number of halogens is 1. The van der Waals surface area contributed by atoms with E-state index in [9.17, 15) is 9.59 Å². The maximum atomic E-state index is 11.9. The van der Waals surface area contributed by atoms with Crippen molar-refractivity contribution in [2.45, 2.75) is 19.3 Å². The van der Waals surface area contributed by atoms with Crippen LogP contribution in [0.5, 0.6) is 0 Å². The fourth-order valence-electron chi connectivity index (χ4n) is 1.90. The largest absolute Gasteiger partial charge is 0.481 e. The summed E-state index contributed by atoms with van der Waals surface area (Å²) in [4.78, 5) is 22.3. The lowest BCUT2D eigenvalue weighted by molar-refractivity contribution is -0.137. The van der Waals surface area contributed by atoms with Crippen LogP contribution >= 0.6 is 15.9 Å². The number of unbranched alkanes of at least 4 members (excludes halogenated alkanes) is 1. The molecule has 0 aliphatic heterocycles. The zero-order valence-corrected chi connectivity index (χ0v) is 13.4. The molecule has 7 heteroatoms. The van der Waals surface area contributed by atoms with Crippen molar-refractivity contribution in [3.8, 4) is 5.69 Å². The maximum absolute atomic E-state index is 11.9. The number of nitrogens with one attached hydrogen (secondary N) is 1. The highest BCUT2D eigenvalue weighted by molar-refractivity contribution is 9.10. The first-order valence-corrected chi connectivity index (χ1v) is 7.67. The molecular formula is C15H16BrN3O3. The molecule has 0 aliphatic carbocycles. The topological polar surface area (TPSA) is 84.2 Å². The maximum Gasteiger partial charge on any atom is 0.303 e. The van der Waals surface area contributed by atoms with Gasteiger partial charge in [0.15, 0.2) is 5.69 Å². The summed E-state index contributed by atoms with van der Waals surface area (Å²) in [7, 11) is 0. The van der Waals surface area contributed by atoms with Gasteiger partial charge in [-0.05, 0) is 37.1 Å². The molecule has 0 bridgehead atoms. The molecule has 0 saturated carbocycles. The van der Waals surface area contributed by atoms with Crippen LogP contribution in [0.2, 0.25) is 0 Å². The molecule has 1 aromatic carbocycles. The highest BCUT2D eigenvalue weighted by Crippen LogP contribution is 2.15. The third-order valence-electron chi connectivity index (χ3n) is 3.00. The number of carbonyl (C=O) groups excluding carboxylic acids is 1. The van der Waals surface area contributed by atoms with Gasteiger partial charge in [0.25, 0.3) is 5.91 Å². The molecule has 116 valence electrons. The van der Waals surface area contributed by atoms with Crippen molar-refractivity contribution in [3.05, 3.63) is 46.7 Å². The molecule has 0 unspecified atom stereocenters. The number of carbonyl (C=O) groups is 2. The Morgan fingerprint density at radius 2 is 2.09 bits per heavy atom. The van der Waals surface area contributed by atoms with Gasteiger partial charge in [0.05, 0.1) is 5.69 Å². The molecule has 0 fully saturated rings. The summed E-state index contributed by atoms with van der Waals surface area (Å²) in [5.74, 6) is -1.08. The van der Waals surface area contributed by atoms with E-state index in [0.717, 1.165) is 10.2 Å². The van der Waals surface area contributed by atoms with Crippen LogP contribution < -0.4 is 5.32 Å². The van der Waals surface area contributed by atoms with E-state index in [0.29, 0.717) is 25.1 Å². The van der Waals surface area contributed by atoms with Gasteiger partial charge in [0.2, 0.25) is 0 Å². The number of amides is 1. The summed E-state index contributed by atoms with van der Waals surface area (Å²) in [5.41, 5.74) is 1.19. The molecule has 1 aromatic heterocycles. The SMILES string of the molecule is O=C(O)CCCCNC(=O)c1ccn(-c2cccc(Br)c2)n1. The van der Waals surface area contributed by atoms with Gasteiger partial charge in [-0.25, -0.2) is 4.68 Å². The molecule has 0 spiro atoms. The average Bonchev–Trinajstić information content (AvgIpc) is 2.96. The van der Waals surface area contributed by atoms with Crippen LogP contribution in [0, 0.1) is 0 Å². The molecule has 0 atom stereocenters. The van der Waals surface area contributed by atoms with Crippen molar-refractivity contribution in [1.29, 1.82) is 0 Å². The molecule has 0 radical (unpaired) electrons. The minimum Gasteiger partial charge on any atom is -0.481 e. The Hall–Kier alpha value is -2.15. The molecule has 6 nitrogen and oxygen atoms in total. The average molecular weight is 366 g/mol. The zero-order valence-electron chi connectivity index (χ0n) is 11.8. The van der Waals surface area contributed by atoms with Gasteiger partial charge in [-0.15, -0.1) is 0 Å². The first-order chi connectivity index (χ1) is 10.6. The third kappa shape index (κ3) is 4.70. The molecule has 1 heterocycles. The lowest BCUT2D eigenvalue weighted by Crippen LogP contribution is -2.25. The summed E-state index contributed by atoms with van der Waals surface area (Å²) in [6, 6.07) is 9.25.